The van der Waals surface area contributed by atoms with E-state index in [4.69, 9.17) is 0 Å². The second-order valence-corrected chi connectivity index (χ2v) is 7.21. The van der Waals surface area contributed by atoms with Crippen LogP contribution in [0.5, 0.6) is 0 Å². The van der Waals surface area contributed by atoms with Gasteiger partial charge >= 0.3 is 6.18 Å². The molecule has 0 aliphatic carbocycles. The lowest BCUT2D eigenvalue weighted by molar-refractivity contribution is -0.137. The number of nitrogens with zero attached hydrogens (tertiary/aromatic N) is 2. The maximum atomic E-state index is 12.6. The van der Waals surface area contributed by atoms with Crippen molar-refractivity contribution < 1.29 is 18.0 Å². The Morgan fingerprint density at radius 3 is 1.89 bits per heavy atom. The van der Waals surface area contributed by atoms with E-state index in [1.54, 1.807) is 19.2 Å². The molecule has 0 aliphatic heterocycles. The van der Waals surface area contributed by atoms with E-state index >= 15 is 0 Å². The number of halogens is 3. The minimum atomic E-state index is -4.36. The number of carbonyl (C=O) groups is 1. The molecular weight excluding hydrogens is 365 g/mol. The topological polar surface area (TPSA) is 23.6 Å². The van der Waals surface area contributed by atoms with Gasteiger partial charge in [0.2, 0.25) is 0 Å². The van der Waals surface area contributed by atoms with Crippen molar-refractivity contribution in [1.29, 1.82) is 0 Å². The predicted octanol–water partition coefficient (Wildman–Crippen LogP) is 5.21. The standard InChI is InChI=1S/C22H27F3N2O/c1-5-27(16(2)3)15-18-6-10-19(11-7-18)21(28)26(4)14-17-8-12-20(13-9-17)22(23,24)25/h6-13,16H,5,14-15H2,1-4H3. The Labute approximate surface area is 164 Å². The lowest BCUT2D eigenvalue weighted by Gasteiger charge is -2.25. The summed E-state index contributed by atoms with van der Waals surface area (Å²) in [5.74, 6) is -0.164. The summed E-state index contributed by atoms with van der Waals surface area (Å²) >= 11 is 0. The Morgan fingerprint density at radius 1 is 0.929 bits per heavy atom. The maximum absolute atomic E-state index is 12.6. The van der Waals surface area contributed by atoms with Crippen LogP contribution in [0.1, 0.15) is 47.8 Å². The molecule has 152 valence electrons. The number of hydrogen-bond donors (Lipinski definition) is 0. The van der Waals surface area contributed by atoms with Crippen molar-refractivity contribution in [1.82, 2.24) is 9.80 Å². The molecule has 0 radical (unpaired) electrons. The van der Waals surface area contributed by atoms with E-state index in [0.717, 1.165) is 30.8 Å². The molecule has 0 aromatic heterocycles. The molecule has 0 aliphatic rings. The van der Waals surface area contributed by atoms with Crippen molar-refractivity contribution in [3.63, 3.8) is 0 Å². The summed E-state index contributed by atoms with van der Waals surface area (Å²) < 4.78 is 37.9. The number of hydrogen-bond acceptors (Lipinski definition) is 2. The van der Waals surface area contributed by atoms with Gasteiger partial charge < -0.3 is 4.90 Å². The van der Waals surface area contributed by atoms with Crippen LogP contribution >= 0.6 is 0 Å². The minimum absolute atomic E-state index is 0.164. The average molecular weight is 392 g/mol. The molecule has 0 spiro atoms. The van der Waals surface area contributed by atoms with Crippen molar-refractivity contribution in [2.24, 2.45) is 0 Å². The van der Waals surface area contributed by atoms with Crippen LogP contribution in [0.2, 0.25) is 0 Å². The van der Waals surface area contributed by atoms with E-state index in [1.807, 2.05) is 12.1 Å². The highest BCUT2D eigenvalue weighted by molar-refractivity contribution is 5.94. The minimum Gasteiger partial charge on any atom is -0.337 e. The molecule has 0 saturated carbocycles. The smallest absolute Gasteiger partial charge is 0.337 e. The zero-order valence-corrected chi connectivity index (χ0v) is 16.8. The highest BCUT2D eigenvalue weighted by Gasteiger charge is 2.30. The van der Waals surface area contributed by atoms with Gasteiger partial charge in [0.25, 0.3) is 5.91 Å². The third kappa shape index (κ3) is 5.83. The summed E-state index contributed by atoms with van der Waals surface area (Å²) in [4.78, 5) is 16.4. The van der Waals surface area contributed by atoms with E-state index in [9.17, 15) is 18.0 Å². The van der Waals surface area contributed by atoms with Gasteiger partial charge in [-0.15, -0.1) is 0 Å². The van der Waals surface area contributed by atoms with Crippen molar-refractivity contribution in [3.05, 3.63) is 70.8 Å². The Kier molecular flexibility index (Phi) is 7.24. The third-order valence-electron chi connectivity index (χ3n) is 4.77. The summed E-state index contributed by atoms with van der Waals surface area (Å²) in [6, 6.07) is 12.8. The first kappa shape index (κ1) is 22.0. The van der Waals surface area contributed by atoms with Crippen molar-refractivity contribution >= 4 is 5.91 Å². The number of benzene rings is 2. The van der Waals surface area contributed by atoms with Gasteiger partial charge in [0.05, 0.1) is 5.56 Å². The van der Waals surface area contributed by atoms with Gasteiger partial charge in [0.1, 0.15) is 0 Å². The van der Waals surface area contributed by atoms with E-state index in [0.29, 0.717) is 17.2 Å². The molecule has 0 unspecified atom stereocenters. The molecule has 0 heterocycles. The van der Waals surface area contributed by atoms with E-state index in [2.05, 4.69) is 25.7 Å². The van der Waals surface area contributed by atoms with Gasteiger partial charge in [-0.3, -0.25) is 9.69 Å². The summed E-state index contributed by atoms with van der Waals surface area (Å²) in [7, 11) is 1.64. The molecule has 2 rings (SSSR count). The second-order valence-electron chi connectivity index (χ2n) is 7.21. The van der Waals surface area contributed by atoms with Crippen molar-refractivity contribution in [2.45, 2.75) is 46.1 Å². The van der Waals surface area contributed by atoms with Gasteiger partial charge in [0, 0.05) is 31.7 Å². The fraction of sp³-hybridized carbons (Fsp3) is 0.409. The fourth-order valence-electron chi connectivity index (χ4n) is 3.01. The van der Waals surface area contributed by atoms with Crippen LogP contribution in [0.15, 0.2) is 48.5 Å². The monoisotopic (exact) mass is 392 g/mol. The largest absolute Gasteiger partial charge is 0.416 e. The van der Waals surface area contributed by atoms with E-state index < -0.39 is 11.7 Å². The maximum Gasteiger partial charge on any atom is 0.416 e. The molecule has 0 fully saturated rings. The lowest BCUT2D eigenvalue weighted by Crippen LogP contribution is -2.30. The molecule has 0 N–H and O–H groups in total. The second kappa shape index (κ2) is 9.24. The number of carbonyl (C=O) groups excluding carboxylic acids is 1. The highest BCUT2D eigenvalue weighted by Crippen LogP contribution is 2.29. The van der Waals surface area contributed by atoms with E-state index in [1.165, 1.54) is 17.0 Å². The molecular formula is C22H27F3N2O. The molecule has 6 heteroatoms. The van der Waals surface area contributed by atoms with Crippen LogP contribution in [0, 0.1) is 0 Å². The molecule has 2 aromatic rings. The zero-order valence-electron chi connectivity index (χ0n) is 16.8. The SMILES string of the molecule is CCN(Cc1ccc(C(=O)N(C)Cc2ccc(C(F)(F)F)cc2)cc1)C(C)C. The molecule has 2 aromatic carbocycles. The van der Waals surface area contributed by atoms with Crippen LogP contribution in [-0.2, 0) is 19.3 Å². The Bertz CT molecular complexity index is 768. The Balaban J connectivity index is 2.01. The van der Waals surface area contributed by atoms with Crippen molar-refractivity contribution in [2.75, 3.05) is 13.6 Å². The first-order valence-corrected chi connectivity index (χ1v) is 9.36. The van der Waals surface area contributed by atoms with Gasteiger partial charge in [-0.05, 0) is 55.8 Å². The molecule has 3 nitrogen and oxygen atoms in total. The molecule has 1 amide bonds. The van der Waals surface area contributed by atoms with Crippen LogP contribution in [0.3, 0.4) is 0 Å². The summed E-state index contributed by atoms with van der Waals surface area (Å²) in [5, 5.41) is 0. The quantitative estimate of drug-likeness (QED) is 0.646. The molecule has 0 bridgehead atoms. The number of alkyl halides is 3. The predicted molar refractivity (Wildman–Crippen MR) is 105 cm³/mol. The fourth-order valence-corrected chi connectivity index (χ4v) is 3.01. The zero-order chi connectivity index (χ0) is 20.9. The van der Waals surface area contributed by atoms with Gasteiger partial charge in [-0.25, -0.2) is 0 Å². The summed E-state index contributed by atoms with van der Waals surface area (Å²) in [5.41, 5.74) is 1.66. The number of amides is 1. The van der Waals surface area contributed by atoms with E-state index in [-0.39, 0.29) is 12.5 Å². The highest BCUT2D eigenvalue weighted by atomic mass is 19.4. The lowest BCUT2D eigenvalue weighted by atomic mass is 10.1. The van der Waals surface area contributed by atoms with Crippen LogP contribution in [-0.4, -0.2) is 35.3 Å². The summed E-state index contributed by atoms with van der Waals surface area (Å²) in [6.07, 6.45) is -4.36. The summed E-state index contributed by atoms with van der Waals surface area (Å²) in [6.45, 7) is 8.44. The third-order valence-corrected chi connectivity index (χ3v) is 4.77. The Hall–Kier alpha value is -2.34. The average Bonchev–Trinajstić information content (AvgIpc) is 2.65. The van der Waals surface area contributed by atoms with Gasteiger partial charge in [0.15, 0.2) is 0 Å². The van der Waals surface area contributed by atoms with Gasteiger partial charge in [-0.1, -0.05) is 31.2 Å². The van der Waals surface area contributed by atoms with Crippen molar-refractivity contribution in [3.8, 4) is 0 Å². The first-order chi connectivity index (χ1) is 13.1. The van der Waals surface area contributed by atoms with Crippen LogP contribution in [0.4, 0.5) is 13.2 Å². The first-order valence-electron chi connectivity index (χ1n) is 9.36. The normalized spacial score (nSPS) is 11.9. The molecule has 0 saturated heterocycles. The van der Waals surface area contributed by atoms with Gasteiger partial charge in [-0.2, -0.15) is 13.2 Å². The Morgan fingerprint density at radius 2 is 1.43 bits per heavy atom. The van der Waals surface area contributed by atoms with Crippen LogP contribution in [0.25, 0.3) is 0 Å². The van der Waals surface area contributed by atoms with Crippen LogP contribution < -0.4 is 0 Å². The molecule has 28 heavy (non-hydrogen) atoms. The number of rotatable bonds is 7. The molecule has 0 atom stereocenters.